The van der Waals surface area contributed by atoms with Gasteiger partial charge in [-0.25, -0.2) is 9.78 Å². The number of benzene rings is 1. The van der Waals surface area contributed by atoms with E-state index >= 15 is 0 Å². The number of anilines is 2. The number of nitrogens with one attached hydrogen (secondary N) is 1. The summed E-state index contributed by atoms with van der Waals surface area (Å²) in [6, 6.07) is 12.1. The number of carbonyl (C=O) groups is 1. The lowest BCUT2D eigenvalue weighted by Gasteiger charge is -2.36. The van der Waals surface area contributed by atoms with Gasteiger partial charge in [0.1, 0.15) is 11.6 Å². The van der Waals surface area contributed by atoms with Crippen molar-refractivity contribution < 1.29 is 9.53 Å². The van der Waals surface area contributed by atoms with E-state index < -0.39 is 0 Å². The molecule has 2 aliphatic heterocycles. The monoisotopic (exact) mass is 423 g/mol. The van der Waals surface area contributed by atoms with Crippen LogP contribution in [0.15, 0.2) is 42.6 Å². The molecule has 0 aliphatic carbocycles. The van der Waals surface area contributed by atoms with Crippen molar-refractivity contribution in [1.82, 2.24) is 15.2 Å². The van der Waals surface area contributed by atoms with E-state index in [1.54, 1.807) is 7.11 Å². The number of rotatable bonds is 5. The van der Waals surface area contributed by atoms with E-state index in [2.05, 4.69) is 45.2 Å². The van der Waals surface area contributed by atoms with Gasteiger partial charge < -0.3 is 24.8 Å². The van der Waals surface area contributed by atoms with Crippen molar-refractivity contribution in [1.29, 1.82) is 0 Å². The highest BCUT2D eigenvalue weighted by atomic mass is 16.5. The van der Waals surface area contributed by atoms with Gasteiger partial charge in [0.2, 0.25) is 0 Å². The van der Waals surface area contributed by atoms with Crippen LogP contribution in [0, 0.1) is 5.92 Å². The summed E-state index contributed by atoms with van der Waals surface area (Å²) in [7, 11) is 1.69. The second-order valence-corrected chi connectivity index (χ2v) is 8.50. The second kappa shape index (κ2) is 9.90. The van der Waals surface area contributed by atoms with Crippen molar-refractivity contribution in [2.24, 2.45) is 5.92 Å². The summed E-state index contributed by atoms with van der Waals surface area (Å²) in [6.45, 7) is 7.92. The van der Waals surface area contributed by atoms with Gasteiger partial charge in [-0.2, -0.15) is 0 Å². The van der Waals surface area contributed by atoms with Crippen LogP contribution in [0.1, 0.15) is 25.3 Å². The summed E-state index contributed by atoms with van der Waals surface area (Å²) >= 11 is 0. The van der Waals surface area contributed by atoms with Gasteiger partial charge in [0, 0.05) is 52.0 Å². The molecular formula is C24H33N5O2. The van der Waals surface area contributed by atoms with Gasteiger partial charge in [-0.1, -0.05) is 25.1 Å². The van der Waals surface area contributed by atoms with Crippen LogP contribution in [-0.4, -0.2) is 62.3 Å². The van der Waals surface area contributed by atoms with Crippen molar-refractivity contribution in [2.75, 3.05) is 56.2 Å². The van der Waals surface area contributed by atoms with Crippen molar-refractivity contribution in [3.8, 4) is 5.75 Å². The number of hydrogen-bond acceptors (Lipinski definition) is 5. The first-order valence-electron chi connectivity index (χ1n) is 11.2. The number of piperazine rings is 1. The maximum absolute atomic E-state index is 12.6. The average Bonchev–Trinajstić information content (AvgIpc) is 2.83. The summed E-state index contributed by atoms with van der Waals surface area (Å²) in [5.74, 6) is 2.71. The largest absolute Gasteiger partial charge is 0.495 e. The highest BCUT2D eigenvalue weighted by Crippen LogP contribution is 2.28. The predicted molar refractivity (Wildman–Crippen MR) is 124 cm³/mol. The molecule has 31 heavy (non-hydrogen) atoms. The number of ether oxygens (including phenoxy) is 1. The topological polar surface area (TPSA) is 60.9 Å². The van der Waals surface area contributed by atoms with Crippen LogP contribution >= 0.6 is 0 Å². The van der Waals surface area contributed by atoms with E-state index in [4.69, 9.17) is 4.74 Å². The van der Waals surface area contributed by atoms with E-state index in [1.807, 2.05) is 29.3 Å². The molecule has 7 heteroatoms. The summed E-state index contributed by atoms with van der Waals surface area (Å²) in [5, 5.41) is 3.04. The molecule has 2 saturated heterocycles. The lowest BCUT2D eigenvalue weighted by molar-refractivity contribution is 0.194. The van der Waals surface area contributed by atoms with Crippen LogP contribution in [0.3, 0.4) is 0 Å². The molecule has 0 saturated carbocycles. The number of hydrogen-bond donors (Lipinski definition) is 1. The Morgan fingerprint density at radius 3 is 2.45 bits per heavy atom. The third-order valence-corrected chi connectivity index (χ3v) is 6.35. The fraction of sp³-hybridized carbons (Fsp3) is 0.500. The maximum Gasteiger partial charge on any atom is 0.317 e. The molecule has 2 amide bonds. The molecular weight excluding hydrogens is 390 g/mol. The minimum atomic E-state index is -0.0197. The average molecular weight is 424 g/mol. The second-order valence-electron chi connectivity index (χ2n) is 8.50. The number of amides is 2. The van der Waals surface area contributed by atoms with Gasteiger partial charge in [0.25, 0.3) is 0 Å². The molecule has 0 radical (unpaired) electrons. The number of methoxy groups -OCH3 is 1. The summed E-state index contributed by atoms with van der Waals surface area (Å²) < 4.78 is 5.47. The summed E-state index contributed by atoms with van der Waals surface area (Å²) in [5.41, 5.74) is 2.11. The van der Waals surface area contributed by atoms with Crippen molar-refractivity contribution in [2.45, 2.75) is 26.3 Å². The molecule has 4 rings (SSSR count). The van der Waals surface area contributed by atoms with Crippen LogP contribution in [0.5, 0.6) is 5.75 Å². The molecule has 0 bridgehead atoms. The Hall–Kier alpha value is -2.96. The maximum atomic E-state index is 12.6. The van der Waals surface area contributed by atoms with E-state index in [-0.39, 0.29) is 6.03 Å². The minimum absolute atomic E-state index is 0.0197. The third-order valence-electron chi connectivity index (χ3n) is 6.35. The number of pyridine rings is 1. The highest BCUT2D eigenvalue weighted by molar-refractivity contribution is 5.74. The molecule has 0 atom stereocenters. The van der Waals surface area contributed by atoms with Crippen LogP contribution in [0.25, 0.3) is 0 Å². The molecule has 1 aromatic heterocycles. The zero-order valence-electron chi connectivity index (χ0n) is 18.6. The van der Waals surface area contributed by atoms with Crippen molar-refractivity contribution in [3.05, 3.63) is 48.2 Å². The Labute approximate surface area is 185 Å². The van der Waals surface area contributed by atoms with Gasteiger partial charge in [0.05, 0.1) is 12.8 Å². The Balaban J connectivity index is 1.24. The first-order chi connectivity index (χ1) is 15.1. The number of aromatic nitrogens is 1. The molecule has 7 nitrogen and oxygen atoms in total. The van der Waals surface area contributed by atoms with E-state index in [0.717, 1.165) is 54.9 Å². The Kier molecular flexibility index (Phi) is 6.79. The van der Waals surface area contributed by atoms with Crippen molar-refractivity contribution in [3.63, 3.8) is 0 Å². The van der Waals surface area contributed by atoms with Gasteiger partial charge in [-0.05, 0) is 42.5 Å². The van der Waals surface area contributed by atoms with Gasteiger partial charge in [-0.3, -0.25) is 0 Å². The minimum Gasteiger partial charge on any atom is -0.495 e. The smallest absolute Gasteiger partial charge is 0.317 e. The van der Waals surface area contributed by atoms with Crippen LogP contribution in [0.2, 0.25) is 0 Å². The fourth-order valence-electron chi connectivity index (χ4n) is 4.28. The zero-order chi connectivity index (χ0) is 21.6. The molecule has 0 spiro atoms. The molecule has 2 aliphatic rings. The summed E-state index contributed by atoms with van der Waals surface area (Å²) in [6.07, 6.45) is 4.33. The summed E-state index contributed by atoms with van der Waals surface area (Å²) in [4.78, 5) is 23.7. The molecule has 2 fully saturated rings. The molecule has 0 unspecified atom stereocenters. The zero-order valence-corrected chi connectivity index (χ0v) is 18.6. The number of piperidine rings is 1. The number of para-hydroxylation sites is 2. The van der Waals surface area contributed by atoms with E-state index in [0.29, 0.717) is 19.6 Å². The Morgan fingerprint density at radius 1 is 1.03 bits per heavy atom. The molecule has 2 aromatic rings. The fourth-order valence-corrected chi connectivity index (χ4v) is 4.28. The predicted octanol–water partition coefficient (Wildman–Crippen LogP) is 3.36. The third kappa shape index (κ3) is 5.21. The van der Waals surface area contributed by atoms with Gasteiger partial charge in [-0.15, -0.1) is 0 Å². The van der Waals surface area contributed by atoms with E-state index in [1.165, 1.54) is 12.8 Å². The van der Waals surface area contributed by atoms with Crippen LogP contribution in [-0.2, 0) is 6.54 Å². The first-order valence-corrected chi connectivity index (χ1v) is 11.2. The van der Waals surface area contributed by atoms with E-state index in [9.17, 15) is 4.79 Å². The standard InChI is InChI=1S/C24H33N5O2/c1-19-9-11-28(12-10-19)23-8-7-20(17-25-23)18-26-24(30)29-15-13-27(14-16-29)21-5-3-4-6-22(21)31-2/h3-8,17,19H,9-16,18H2,1-2H3,(H,26,30). The molecule has 166 valence electrons. The quantitative estimate of drug-likeness (QED) is 0.799. The SMILES string of the molecule is COc1ccccc1N1CCN(C(=O)NCc2ccc(N3CCC(C)CC3)nc2)CC1. The molecule has 3 heterocycles. The van der Waals surface area contributed by atoms with Crippen LogP contribution in [0.4, 0.5) is 16.3 Å². The molecule has 1 N–H and O–H groups in total. The first kappa shape index (κ1) is 21.3. The van der Waals surface area contributed by atoms with Crippen LogP contribution < -0.4 is 19.9 Å². The van der Waals surface area contributed by atoms with Crippen molar-refractivity contribution >= 4 is 17.5 Å². The Morgan fingerprint density at radius 2 is 1.77 bits per heavy atom. The Bertz CT molecular complexity index is 857. The lowest BCUT2D eigenvalue weighted by atomic mass is 9.99. The number of carbonyl (C=O) groups excluding carboxylic acids is 1. The van der Waals surface area contributed by atoms with Gasteiger partial charge in [0.15, 0.2) is 0 Å². The normalized spacial score (nSPS) is 17.5. The number of urea groups is 1. The van der Waals surface area contributed by atoms with Gasteiger partial charge >= 0.3 is 6.03 Å². The molecule has 1 aromatic carbocycles. The highest BCUT2D eigenvalue weighted by Gasteiger charge is 2.23. The number of nitrogens with zero attached hydrogens (tertiary/aromatic N) is 4. The lowest BCUT2D eigenvalue weighted by Crippen LogP contribution is -2.51.